The van der Waals surface area contributed by atoms with Crippen molar-refractivity contribution in [3.05, 3.63) is 59.9 Å². The lowest BCUT2D eigenvalue weighted by Crippen LogP contribution is -2.13. The van der Waals surface area contributed by atoms with Gasteiger partial charge in [0.25, 0.3) is 5.91 Å². The number of nitrogens with one attached hydrogen (secondary N) is 2. The predicted octanol–water partition coefficient (Wildman–Crippen LogP) is 1.59. The molecule has 10 heteroatoms. The minimum Gasteiger partial charge on any atom is -0.322 e. The van der Waals surface area contributed by atoms with E-state index in [0.29, 0.717) is 22.8 Å². The molecule has 0 unspecified atom stereocenters. The second-order valence-electron chi connectivity index (χ2n) is 5.59. The van der Waals surface area contributed by atoms with Crippen LogP contribution in [-0.4, -0.2) is 40.8 Å². The highest BCUT2D eigenvalue weighted by Gasteiger charge is 2.09. The summed E-state index contributed by atoms with van der Waals surface area (Å²) in [7, 11) is -3.39. The van der Waals surface area contributed by atoms with Crippen LogP contribution in [0, 0.1) is 6.92 Å². The van der Waals surface area contributed by atoms with E-state index in [1.807, 2.05) is 0 Å². The molecule has 0 fully saturated rings. The van der Waals surface area contributed by atoms with E-state index in [2.05, 4.69) is 25.6 Å². The number of sulfonamides is 1. The number of anilines is 2. The molecule has 1 amide bonds. The largest absolute Gasteiger partial charge is 0.322 e. The fraction of sp³-hybridized carbons (Fsp3) is 0.125. The van der Waals surface area contributed by atoms with Gasteiger partial charge in [0.1, 0.15) is 0 Å². The van der Waals surface area contributed by atoms with Gasteiger partial charge >= 0.3 is 0 Å². The second-order valence-corrected chi connectivity index (χ2v) is 7.34. The molecule has 1 aromatic heterocycles. The SMILES string of the molecule is Cc1nnnn1-c1ccc(C(=O)Nc2cccc(NS(C)(=O)=O)c2)cc1. The molecule has 1 heterocycles. The summed E-state index contributed by atoms with van der Waals surface area (Å²) in [4.78, 5) is 12.4. The van der Waals surface area contributed by atoms with Gasteiger partial charge in [0, 0.05) is 11.3 Å². The summed E-state index contributed by atoms with van der Waals surface area (Å²) in [5.74, 6) is 0.318. The maximum absolute atomic E-state index is 12.4. The molecular weight excluding hydrogens is 356 g/mol. The molecule has 0 saturated heterocycles. The van der Waals surface area contributed by atoms with Gasteiger partial charge in [0.15, 0.2) is 5.82 Å². The van der Waals surface area contributed by atoms with E-state index in [0.717, 1.165) is 11.9 Å². The Balaban J connectivity index is 1.74. The fourth-order valence-corrected chi connectivity index (χ4v) is 2.86. The van der Waals surface area contributed by atoms with Crippen molar-refractivity contribution in [1.29, 1.82) is 0 Å². The number of carbonyl (C=O) groups is 1. The Morgan fingerprint density at radius 1 is 1.08 bits per heavy atom. The molecule has 0 atom stereocenters. The highest BCUT2D eigenvalue weighted by Crippen LogP contribution is 2.17. The Kier molecular flexibility index (Phi) is 4.67. The van der Waals surface area contributed by atoms with Crippen molar-refractivity contribution in [1.82, 2.24) is 20.2 Å². The van der Waals surface area contributed by atoms with Crippen molar-refractivity contribution in [2.24, 2.45) is 0 Å². The summed E-state index contributed by atoms with van der Waals surface area (Å²) in [5.41, 5.74) is 2.03. The van der Waals surface area contributed by atoms with Crippen LogP contribution < -0.4 is 10.0 Å². The van der Waals surface area contributed by atoms with E-state index in [9.17, 15) is 13.2 Å². The first kappa shape index (κ1) is 17.5. The van der Waals surface area contributed by atoms with Crippen LogP contribution in [0.25, 0.3) is 5.69 Å². The minimum absolute atomic E-state index is 0.318. The van der Waals surface area contributed by atoms with Crippen LogP contribution in [0.5, 0.6) is 0 Å². The average Bonchev–Trinajstić information content (AvgIpc) is 3.00. The first-order valence-corrected chi connectivity index (χ1v) is 9.45. The zero-order valence-corrected chi connectivity index (χ0v) is 14.9. The summed E-state index contributed by atoms with van der Waals surface area (Å²) in [6.45, 7) is 1.78. The van der Waals surface area contributed by atoms with Crippen molar-refractivity contribution in [3.8, 4) is 5.69 Å². The van der Waals surface area contributed by atoms with Crippen molar-refractivity contribution in [3.63, 3.8) is 0 Å². The van der Waals surface area contributed by atoms with E-state index in [-0.39, 0.29) is 5.91 Å². The normalized spacial score (nSPS) is 11.2. The highest BCUT2D eigenvalue weighted by atomic mass is 32.2. The minimum atomic E-state index is -3.39. The van der Waals surface area contributed by atoms with E-state index in [4.69, 9.17) is 0 Å². The maximum atomic E-state index is 12.4. The van der Waals surface area contributed by atoms with Crippen molar-refractivity contribution < 1.29 is 13.2 Å². The lowest BCUT2D eigenvalue weighted by Gasteiger charge is -2.09. The molecule has 134 valence electrons. The van der Waals surface area contributed by atoms with E-state index >= 15 is 0 Å². The molecule has 0 spiro atoms. The first-order valence-electron chi connectivity index (χ1n) is 7.56. The molecule has 0 radical (unpaired) electrons. The third kappa shape index (κ3) is 4.22. The number of tetrazole rings is 1. The van der Waals surface area contributed by atoms with Gasteiger partial charge in [-0.05, 0) is 59.8 Å². The Bertz CT molecular complexity index is 1040. The topological polar surface area (TPSA) is 119 Å². The number of amides is 1. The predicted molar refractivity (Wildman–Crippen MR) is 96.8 cm³/mol. The van der Waals surface area contributed by atoms with Gasteiger partial charge in [-0.25, -0.2) is 8.42 Å². The van der Waals surface area contributed by atoms with Crippen LogP contribution in [0.4, 0.5) is 11.4 Å². The molecule has 2 N–H and O–H groups in total. The van der Waals surface area contributed by atoms with Crippen LogP contribution in [-0.2, 0) is 10.0 Å². The molecule has 9 nitrogen and oxygen atoms in total. The number of aryl methyl sites for hydroxylation is 1. The lowest BCUT2D eigenvalue weighted by atomic mass is 10.2. The molecule has 3 rings (SSSR count). The summed E-state index contributed by atoms with van der Waals surface area (Å²) in [5, 5.41) is 14.0. The highest BCUT2D eigenvalue weighted by molar-refractivity contribution is 7.92. The smallest absolute Gasteiger partial charge is 0.255 e. The van der Waals surface area contributed by atoms with Gasteiger partial charge < -0.3 is 5.32 Å². The molecule has 2 aromatic carbocycles. The van der Waals surface area contributed by atoms with Crippen LogP contribution in [0.2, 0.25) is 0 Å². The van der Waals surface area contributed by atoms with Crippen molar-refractivity contribution in [2.75, 3.05) is 16.3 Å². The molecule has 0 bridgehead atoms. The third-order valence-electron chi connectivity index (χ3n) is 3.42. The zero-order valence-electron chi connectivity index (χ0n) is 14.0. The van der Waals surface area contributed by atoms with Gasteiger partial charge in [-0.15, -0.1) is 5.10 Å². The summed E-state index contributed by atoms with van der Waals surface area (Å²) < 4.78 is 26.5. The Morgan fingerprint density at radius 3 is 2.38 bits per heavy atom. The number of benzene rings is 2. The lowest BCUT2D eigenvalue weighted by molar-refractivity contribution is 0.102. The van der Waals surface area contributed by atoms with Gasteiger partial charge in [-0.1, -0.05) is 6.07 Å². The number of nitrogens with zero attached hydrogens (tertiary/aromatic N) is 4. The van der Waals surface area contributed by atoms with Gasteiger partial charge in [-0.2, -0.15) is 4.68 Å². The molecule has 26 heavy (non-hydrogen) atoms. The molecule has 0 aliphatic carbocycles. The van der Waals surface area contributed by atoms with Crippen LogP contribution >= 0.6 is 0 Å². The van der Waals surface area contributed by atoms with E-state index < -0.39 is 10.0 Å². The summed E-state index contributed by atoms with van der Waals surface area (Å²) in [6, 6.07) is 13.2. The quantitative estimate of drug-likeness (QED) is 0.702. The van der Waals surface area contributed by atoms with E-state index in [1.165, 1.54) is 6.07 Å². The Morgan fingerprint density at radius 2 is 1.77 bits per heavy atom. The summed E-state index contributed by atoms with van der Waals surface area (Å²) >= 11 is 0. The molecule has 3 aromatic rings. The zero-order chi connectivity index (χ0) is 18.7. The van der Waals surface area contributed by atoms with Gasteiger partial charge in [0.05, 0.1) is 17.6 Å². The maximum Gasteiger partial charge on any atom is 0.255 e. The average molecular weight is 372 g/mol. The second kappa shape index (κ2) is 6.92. The molecule has 0 aliphatic heterocycles. The monoisotopic (exact) mass is 372 g/mol. The number of carbonyl (C=O) groups excluding carboxylic acids is 1. The fourth-order valence-electron chi connectivity index (χ4n) is 2.30. The van der Waals surface area contributed by atoms with Crippen molar-refractivity contribution in [2.45, 2.75) is 6.92 Å². The van der Waals surface area contributed by atoms with Crippen molar-refractivity contribution >= 4 is 27.3 Å². The standard InChI is InChI=1S/C16H16N6O3S/c1-11-18-20-21-22(11)15-8-6-12(7-9-15)16(23)17-13-4-3-5-14(10-13)19-26(2,24)25/h3-10,19H,1-2H3,(H,17,23). The number of rotatable bonds is 5. The molecule has 0 aliphatic rings. The number of aromatic nitrogens is 4. The Hall–Kier alpha value is -3.27. The number of hydrogen-bond donors (Lipinski definition) is 2. The Labute approximate surface area is 150 Å². The van der Waals surface area contributed by atoms with Gasteiger partial charge in [-0.3, -0.25) is 9.52 Å². The summed E-state index contributed by atoms with van der Waals surface area (Å²) in [6.07, 6.45) is 1.06. The van der Waals surface area contributed by atoms with Crippen LogP contribution in [0.1, 0.15) is 16.2 Å². The van der Waals surface area contributed by atoms with Crippen LogP contribution in [0.3, 0.4) is 0 Å². The van der Waals surface area contributed by atoms with Gasteiger partial charge in [0.2, 0.25) is 10.0 Å². The third-order valence-corrected chi connectivity index (χ3v) is 4.03. The van der Waals surface area contributed by atoms with Crippen LogP contribution in [0.15, 0.2) is 48.5 Å². The molecular formula is C16H16N6O3S. The first-order chi connectivity index (χ1) is 12.3. The number of hydrogen-bond acceptors (Lipinski definition) is 6. The van der Waals surface area contributed by atoms with E-state index in [1.54, 1.807) is 54.1 Å². The molecule has 0 saturated carbocycles.